The maximum atomic E-state index is 12.4. The second-order valence-electron chi connectivity index (χ2n) is 6.26. The third-order valence-electron chi connectivity index (χ3n) is 4.55. The summed E-state index contributed by atoms with van der Waals surface area (Å²) >= 11 is 0. The van der Waals surface area contributed by atoms with Crippen LogP contribution in [0, 0.1) is 0 Å². The van der Waals surface area contributed by atoms with Gasteiger partial charge in [-0.3, -0.25) is 14.4 Å². The van der Waals surface area contributed by atoms with Gasteiger partial charge in [0.2, 0.25) is 5.91 Å². The van der Waals surface area contributed by atoms with Crippen molar-refractivity contribution in [1.82, 2.24) is 4.90 Å². The number of nitrogens with zero attached hydrogens (tertiary/aromatic N) is 2. The van der Waals surface area contributed by atoms with Crippen molar-refractivity contribution < 1.29 is 23.9 Å². The number of rotatable bonds is 4. The van der Waals surface area contributed by atoms with Crippen LogP contribution in [0.2, 0.25) is 0 Å². The first-order chi connectivity index (χ1) is 12.0. The fourth-order valence-electron chi connectivity index (χ4n) is 3.02. The highest BCUT2D eigenvalue weighted by Gasteiger charge is 2.29. The number of hydrogen-bond donors (Lipinski definition) is 0. The first kappa shape index (κ1) is 17.4. The zero-order chi connectivity index (χ0) is 18.0. The van der Waals surface area contributed by atoms with Gasteiger partial charge in [0.25, 0.3) is 5.91 Å². The average Bonchev–Trinajstić information content (AvgIpc) is 2.64. The van der Waals surface area contributed by atoms with Crippen LogP contribution in [0.1, 0.15) is 30.1 Å². The molecule has 2 heterocycles. The van der Waals surface area contributed by atoms with E-state index < -0.39 is 6.10 Å². The van der Waals surface area contributed by atoms with Crippen molar-refractivity contribution in [3.05, 3.63) is 23.8 Å². The highest BCUT2D eigenvalue weighted by molar-refractivity contribution is 6.03. The summed E-state index contributed by atoms with van der Waals surface area (Å²) in [7, 11) is 1.66. The SMILES string of the molecule is CC1Oc2ccc(C(=O)CCC(=O)N3CCOCC3)cc2N(C)C1=O. The third kappa shape index (κ3) is 3.66. The molecular weight excluding hydrogens is 324 g/mol. The smallest absolute Gasteiger partial charge is 0.267 e. The minimum absolute atomic E-state index is 0.0286. The largest absolute Gasteiger partial charge is 0.479 e. The van der Waals surface area contributed by atoms with Gasteiger partial charge < -0.3 is 19.3 Å². The van der Waals surface area contributed by atoms with Gasteiger partial charge in [0.15, 0.2) is 11.9 Å². The highest BCUT2D eigenvalue weighted by atomic mass is 16.5. The Bertz CT molecular complexity index is 697. The van der Waals surface area contributed by atoms with Crippen LogP contribution in [-0.2, 0) is 14.3 Å². The molecule has 0 N–H and O–H groups in total. The number of amides is 2. The molecule has 0 aromatic heterocycles. The van der Waals surface area contributed by atoms with E-state index >= 15 is 0 Å². The highest BCUT2D eigenvalue weighted by Crippen LogP contribution is 2.34. The van der Waals surface area contributed by atoms with Gasteiger partial charge in [-0.15, -0.1) is 0 Å². The minimum Gasteiger partial charge on any atom is -0.479 e. The van der Waals surface area contributed by atoms with Crippen LogP contribution >= 0.6 is 0 Å². The third-order valence-corrected chi connectivity index (χ3v) is 4.55. The molecule has 1 unspecified atom stereocenters. The Morgan fingerprint density at radius 2 is 1.92 bits per heavy atom. The van der Waals surface area contributed by atoms with Crippen LogP contribution in [-0.4, -0.2) is 62.0 Å². The summed E-state index contributed by atoms with van der Waals surface area (Å²) in [5.74, 6) is 0.276. The van der Waals surface area contributed by atoms with Crippen molar-refractivity contribution in [2.75, 3.05) is 38.3 Å². The second-order valence-corrected chi connectivity index (χ2v) is 6.26. The number of carbonyl (C=O) groups is 3. The number of Topliss-reactive ketones (excluding diaryl/α,β-unsaturated/α-hetero) is 1. The van der Waals surface area contributed by atoms with Gasteiger partial charge in [0.1, 0.15) is 5.75 Å². The molecule has 0 spiro atoms. The molecule has 0 aliphatic carbocycles. The van der Waals surface area contributed by atoms with Crippen LogP contribution in [0.3, 0.4) is 0 Å². The van der Waals surface area contributed by atoms with Crippen LogP contribution in [0.4, 0.5) is 5.69 Å². The molecule has 134 valence electrons. The Hall–Kier alpha value is -2.41. The molecule has 2 aliphatic rings. The molecule has 1 atom stereocenters. The predicted octanol–water partition coefficient (Wildman–Crippen LogP) is 1.25. The molecule has 25 heavy (non-hydrogen) atoms. The van der Waals surface area contributed by atoms with E-state index in [1.165, 1.54) is 4.90 Å². The topological polar surface area (TPSA) is 76.2 Å². The van der Waals surface area contributed by atoms with E-state index in [1.54, 1.807) is 37.1 Å². The lowest BCUT2D eigenvalue weighted by atomic mass is 10.0. The van der Waals surface area contributed by atoms with Crippen molar-refractivity contribution in [3.63, 3.8) is 0 Å². The van der Waals surface area contributed by atoms with Gasteiger partial charge in [0.05, 0.1) is 18.9 Å². The molecule has 3 rings (SSSR count). The summed E-state index contributed by atoms with van der Waals surface area (Å²) in [5.41, 5.74) is 1.06. The van der Waals surface area contributed by atoms with Crippen LogP contribution < -0.4 is 9.64 Å². The lowest BCUT2D eigenvalue weighted by Crippen LogP contribution is -2.42. The first-order valence-corrected chi connectivity index (χ1v) is 8.44. The summed E-state index contributed by atoms with van der Waals surface area (Å²) in [4.78, 5) is 39.8. The van der Waals surface area contributed by atoms with Crippen molar-refractivity contribution in [3.8, 4) is 5.75 Å². The molecule has 2 aliphatic heterocycles. The summed E-state index contributed by atoms with van der Waals surface area (Å²) in [6.45, 7) is 3.94. The number of hydrogen-bond acceptors (Lipinski definition) is 5. The molecule has 0 saturated carbocycles. The molecule has 1 saturated heterocycles. The number of benzene rings is 1. The molecular formula is C18H22N2O5. The van der Waals surface area contributed by atoms with Gasteiger partial charge in [-0.25, -0.2) is 0 Å². The minimum atomic E-state index is -0.537. The molecule has 0 bridgehead atoms. The lowest BCUT2D eigenvalue weighted by molar-refractivity contribution is -0.135. The Morgan fingerprint density at radius 3 is 2.64 bits per heavy atom. The van der Waals surface area contributed by atoms with Gasteiger partial charge in [0, 0.05) is 38.5 Å². The number of ether oxygens (including phenoxy) is 2. The van der Waals surface area contributed by atoms with Crippen molar-refractivity contribution in [2.24, 2.45) is 0 Å². The maximum absolute atomic E-state index is 12.4. The van der Waals surface area contributed by atoms with Gasteiger partial charge in [-0.2, -0.15) is 0 Å². The van der Waals surface area contributed by atoms with Crippen LogP contribution in [0.15, 0.2) is 18.2 Å². The number of likely N-dealkylation sites (N-methyl/N-ethyl adjacent to an activating group) is 1. The second kappa shape index (κ2) is 7.23. The Labute approximate surface area is 146 Å². The summed E-state index contributed by atoms with van der Waals surface area (Å²) in [6.07, 6.45) is -0.215. The van der Waals surface area contributed by atoms with E-state index in [1.807, 2.05) is 0 Å². The Morgan fingerprint density at radius 1 is 1.20 bits per heavy atom. The molecule has 2 amide bonds. The van der Waals surface area contributed by atoms with E-state index in [0.29, 0.717) is 43.3 Å². The quantitative estimate of drug-likeness (QED) is 0.767. The summed E-state index contributed by atoms with van der Waals surface area (Å²) in [6, 6.07) is 5.03. The van der Waals surface area contributed by atoms with Crippen molar-refractivity contribution in [2.45, 2.75) is 25.9 Å². The van der Waals surface area contributed by atoms with Gasteiger partial charge >= 0.3 is 0 Å². The van der Waals surface area contributed by atoms with Crippen molar-refractivity contribution in [1.29, 1.82) is 0 Å². The molecule has 1 aromatic rings. The van der Waals surface area contributed by atoms with Crippen LogP contribution in [0.25, 0.3) is 0 Å². The van der Waals surface area contributed by atoms with Crippen molar-refractivity contribution >= 4 is 23.3 Å². The standard InChI is InChI=1S/C18H22N2O5/c1-12-18(23)19(2)14-11-13(3-5-16(14)25-12)15(21)4-6-17(22)20-7-9-24-10-8-20/h3,5,11-12H,4,6-10H2,1-2H3. The number of fused-ring (bicyclic) bond motifs is 1. The Kier molecular flexibility index (Phi) is 5.03. The van der Waals surface area contributed by atoms with Gasteiger partial charge in [-0.1, -0.05) is 0 Å². The van der Waals surface area contributed by atoms with E-state index in [2.05, 4.69) is 0 Å². The lowest BCUT2D eigenvalue weighted by Gasteiger charge is -2.30. The fraction of sp³-hybridized carbons (Fsp3) is 0.500. The van der Waals surface area contributed by atoms with E-state index in [4.69, 9.17) is 9.47 Å². The molecule has 7 nitrogen and oxygen atoms in total. The fourth-order valence-corrected chi connectivity index (χ4v) is 3.02. The normalized spacial score (nSPS) is 20.1. The average molecular weight is 346 g/mol. The number of morpholine rings is 1. The molecule has 0 radical (unpaired) electrons. The zero-order valence-electron chi connectivity index (χ0n) is 14.5. The number of carbonyl (C=O) groups excluding carboxylic acids is 3. The zero-order valence-corrected chi connectivity index (χ0v) is 14.5. The van der Waals surface area contributed by atoms with E-state index in [0.717, 1.165) is 0 Å². The number of anilines is 1. The monoisotopic (exact) mass is 346 g/mol. The first-order valence-electron chi connectivity index (χ1n) is 8.44. The number of ketones is 1. The molecule has 1 aromatic carbocycles. The molecule has 7 heteroatoms. The summed E-state index contributed by atoms with van der Waals surface area (Å²) < 4.78 is 10.8. The van der Waals surface area contributed by atoms with E-state index in [9.17, 15) is 14.4 Å². The summed E-state index contributed by atoms with van der Waals surface area (Å²) in [5, 5.41) is 0. The predicted molar refractivity (Wildman–Crippen MR) is 90.9 cm³/mol. The maximum Gasteiger partial charge on any atom is 0.267 e. The Balaban J connectivity index is 1.65. The van der Waals surface area contributed by atoms with Crippen LogP contribution in [0.5, 0.6) is 5.75 Å². The van der Waals surface area contributed by atoms with Gasteiger partial charge in [-0.05, 0) is 25.1 Å². The van der Waals surface area contributed by atoms with E-state index in [-0.39, 0.29) is 30.4 Å². The molecule has 1 fully saturated rings.